The number of fused-ring (bicyclic) bond motifs is 2. The highest BCUT2D eigenvalue weighted by Crippen LogP contribution is 2.37. The molecule has 0 saturated heterocycles. The molecule has 1 atom stereocenters. The van der Waals surface area contributed by atoms with Crippen LogP contribution in [0.2, 0.25) is 0 Å². The number of pyridine rings is 1. The van der Waals surface area contributed by atoms with Gasteiger partial charge in [-0.3, -0.25) is 4.79 Å². The van der Waals surface area contributed by atoms with Gasteiger partial charge in [-0.25, -0.2) is 4.98 Å². The number of hydrogen-bond donors (Lipinski definition) is 1. The summed E-state index contributed by atoms with van der Waals surface area (Å²) in [6, 6.07) is 8.15. The number of para-hydroxylation sites is 1. The summed E-state index contributed by atoms with van der Waals surface area (Å²) in [7, 11) is 3.51. The lowest BCUT2D eigenvalue weighted by molar-refractivity contribution is -0.105. The molecule has 1 aliphatic rings. The molecule has 0 bridgehead atoms. The Balaban J connectivity index is 2.25. The van der Waals surface area contributed by atoms with Gasteiger partial charge in [0.05, 0.1) is 29.6 Å². The Morgan fingerprint density at radius 2 is 2.18 bits per heavy atom. The first-order chi connectivity index (χ1) is 13.5. The lowest BCUT2D eigenvalue weighted by atomic mass is 9.97. The van der Waals surface area contributed by atoms with Crippen molar-refractivity contribution in [2.24, 2.45) is 0 Å². The molecule has 2 heterocycles. The number of ether oxygens (including phenoxy) is 1. The van der Waals surface area contributed by atoms with Crippen molar-refractivity contribution in [3.05, 3.63) is 71.0 Å². The van der Waals surface area contributed by atoms with Crippen LogP contribution in [0.3, 0.4) is 0 Å². The van der Waals surface area contributed by atoms with Gasteiger partial charge >= 0.3 is 0 Å². The van der Waals surface area contributed by atoms with Crippen molar-refractivity contribution in [1.82, 2.24) is 9.88 Å². The minimum atomic E-state index is -0.966. The summed E-state index contributed by atoms with van der Waals surface area (Å²) in [5, 5.41) is 11.6. The van der Waals surface area contributed by atoms with Crippen molar-refractivity contribution in [3.8, 4) is 0 Å². The maximum atomic E-state index is 11.6. The molecule has 1 unspecified atom stereocenters. The molecular formula is C23H26N2O3. The third kappa shape index (κ3) is 3.51. The molecule has 1 aliphatic heterocycles. The Bertz CT molecular complexity index is 975. The topological polar surface area (TPSA) is 62.7 Å². The number of carbonyl (C=O) groups is 1. The van der Waals surface area contributed by atoms with Crippen molar-refractivity contribution in [1.29, 1.82) is 0 Å². The number of aliphatic hydroxyl groups excluding tert-OH is 1. The number of carbonyl (C=O) groups excluding carboxylic acids is 1. The summed E-state index contributed by atoms with van der Waals surface area (Å²) in [4.78, 5) is 18.6. The molecule has 1 N–H and O–H groups in total. The smallest absolute Gasteiger partial charge is 0.148 e. The molecule has 5 heteroatoms. The maximum Gasteiger partial charge on any atom is 0.148 e. The van der Waals surface area contributed by atoms with Crippen molar-refractivity contribution in [3.63, 3.8) is 0 Å². The average molecular weight is 378 g/mol. The summed E-state index contributed by atoms with van der Waals surface area (Å²) in [5.74, 6) is 0. The Morgan fingerprint density at radius 1 is 1.43 bits per heavy atom. The molecule has 146 valence electrons. The fourth-order valence-corrected chi connectivity index (χ4v) is 3.77. The normalized spacial score (nSPS) is 16.9. The minimum Gasteiger partial charge on any atom is -0.384 e. The number of benzene rings is 1. The van der Waals surface area contributed by atoms with Crippen LogP contribution in [-0.4, -0.2) is 48.1 Å². The van der Waals surface area contributed by atoms with E-state index in [0.29, 0.717) is 11.1 Å². The summed E-state index contributed by atoms with van der Waals surface area (Å²) < 4.78 is 5.13. The molecule has 0 fully saturated rings. The van der Waals surface area contributed by atoms with Gasteiger partial charge in [-0.2, -0.15) is 0 Å². The van der Waals surface area contributed by atoms with E-state index in [2.05, 4.69) is 24.5 Å². The molecule has 3 rings (SSSR count). The number of nitrogens with zero attached hydrogens (tertiary/aromatic N) is 2. The molecule has 1 aromatic carbocycles. The van der Waals surface area contributed by atoms with Crippen LogP contribution in [0.1, 0.15) is 23.7 Å². The van der Waals surface area contributed by atoms with Gasteiger partial charge < -0.3 is 14.7 Å². The molecule has 0 saturated carbocycles. The van der Waals surface area contributed by atoms with E-state index in [1.165, 1.54) is 29.7 Å². The Labute approximate surface area is 165 Å². The van der Waals surface area contributed by atoms with E-state index < -0.39 is 6.10 Å². The van der Waals surface area contributed by atoms with E-state index in [1.807, 2.05) is 31.3 Å². The van der Waals surface area contributed by atoms with Crippen LogP contribution in [0.25, 0.3) is 16.6 Å². The van der Waals surface area contributed by atoms with Gasteiger partial charge in [-0.05, 0) is 29.7 Å². The van der Waals surface area contributed by atoms with Crippen molar-refractivity contribution >= 4 is 22.9 Å². The quantitative estimate of drug-likeness (QED) is 0.455. The second-order valence-electron chi connectivity index (χ2n) is 6.89. The average Bonchev–Trinajstić information content (AvgIpc) is 3.02. The van der Waals surface area contributed by atoms with Gasteiger partial charge in [-0.15, -0.1) is 6.58 Å². The third-order valence-electron chi connectivity index (χ3n) is 5.16. The fraction of sp³-hybridized carbons (Fsp3) is 0.304. The molecule has 0 amide bonds. The van der Waals surface area contributed by atoms with Gasteiger partial charge in [0.1, 0.15) is 6.29 Å². The monoisotopic (exact) mass is 378 g/mol. The fourth-order valence-electron chi connectivity index (χ4n) is 3.77. The van der Waals surface area contributed by atoms with Crippen LogP contribution < -0.4 is 0 Å². The number of hydrogen-bond acceptors (Lipinski definition) is 5. The summed E-state index contributed by atoms with van der Waals surface area (Å²) >= 11 is 0. The molecule has 5 nitrogen and oxygen atoms in total. The first-order valence-corrected chi connectivity index (χ1v) is 9.37. The van der Waals surface area contributed by atoms with Gasteiger partial charge in [0.2, 0.25) is 0 Å². The van der Waals surface area contributed by atoms with Gasteiger partial charge in [0.15, 0.2) is 0 Å². The Morgan fingerprint density at radius 3 is 2.82 bits per heavy atom. The largest absolute Gasteiger partial charge is 0.384 e. The number of aldehydes is 1. The summed E-state index contributed by atoms with van der Waals surface area (Å²) in [6.45, 7) is 6.67. The van der Waals surface area contributed by atoms with Crippen LogP contribution in [0.15, 0.2) is 54.1 Å². The van der Waals surface area contributed by atoms with Crippen LogP contribution in [-0.2, 0) is 22.5 Å². The second-order valence-corrected chi connectivity index (χ2v) is 6.89. The molecule has 0 radical (unpaired) electrons. The predicted molar refractivity (Wildman–Crippen MR) is 112 cm³/mol. The molecule has 28 heavy (non-hydrogen) atoms. The zero-order valence-electron chi connectivity index (χ0n) is 16.6. The lowest BCUT2D eigenvalue weighted by Gasteiger charge is -2.17. The SMILES string of the molecule is C=CC(O)C(/C=C1/c2nc3ccccc3c(CC)c2CN1C)=C(/C=O)COC. The molecule has 0 aliphatic carbocycles. The summed E-state index contributed by atoms with van der Waals surface area (Å²) in [6.07, 6.45) is 3.92. The second kappa shape index (κ2) is 8.50. The molecule has 1 aromatic heterocycles. The van der Waals surface area contributed by atoms with Crippen molar-refractivity contribution in [2.75, 3.05) is 20.8 Å². The predicted octanol–water partition coefficient (Wildman–Crippen LogP) is 3.27. The van der Waals surface area contributed by atoms with Gasteiger partial charge in [0.25, 0.3) is 0 Å². The highest BCUT2D eigenvalue weighted by molar-refractivity contribution is 5.88. The Hall–Kier alpha value is -2.76. The Kier molecular flexibility index (Phi) is 6.07. The number of aromatic nitrogens is 1. The van der Waals surface area contributed by atoms with E-state index in [4.69, 9.17) is 9.72 Å². The number of aryl methyl sites for hydroxylation is 1. The van der Waals surface area contributed by atoms with Crippen molar-refractivity contribution < 1.29 is 14.6 Å². The van der Waals surface area contributed by atoms with E-state index in [0.717, 1.165) is 36.2 Å². The number of rotatable bonds is 7. The minimum absolute atomic E-state index is 0.120. The van der Waals surface area contributed by atoms with E-state index in [1.54, 1.807) is 0 Å². The van der Waals surface area contributed by atoms with Crippen molar-refractivity contribution in [2.45, 2.75) is 26.0 Å². The summed E-state index contributed by atoms with van der Waals surface area (Å²) in [5.41, 5.74) is 6.08. The van der Waals surface area contributed by atoms with Gasteiger partial charge in [0, 0.05) is 37.2 Å². The zero-order chi connectivity index (χ0) is 20.3. The van der Waals surface area contributed by atoms with Crippen LogP contribution in [0, 0.1) is 0 Å². The molecular weight excluding hydrogens is 352 g/mol. The number of aliphatic hydroxyl groups is 1. The van der Waals surface area contributed by atoms with Crippen LogP contribution >= 0.6 is 0 Å². The van der Waals surface area contributed by atoms with Crippen LogP contribution in [0.4, 0.5) is 0 Å². The van der Waals surface area contributed by atoms with Gasteiger partial charge in [-0.1, -0.05) is 31.2 Å². The lowest BCUT2D eigenvalue weighted by Crippen LogP contribution is -2.14. The first kappa shape index (κ1) is 20.0. The molecule has 0 spiro atoms. The van der Waals surface area contributed by atoms with E-state index in [9.17, 15) is 9.90 Å². The highest BCUT2D eigenvalue weighted by Gasteiger charge is 2.27. The van der Waals surface area contributed by atoms with E-state index in [-0.39, 0.29) is 6.61 Å². The first-order valence-electron chi connectivity index (χ1n) is 9.37. The van der Waals surface area contributed by atoms with E-state index >= 15 is 0 Å². The highest BCUT2D eigenvalue weighted by atomic mass is 16.5. The number of methoxy groups -OCH3 is 1. The maximum absolute atomic E-state index is 11.6. The third-order valence-corrected chi connectivity index (χ3v) is 5.16. The standard InChI is InChI=1S/C23H26N2O3/c1-5-16-17-9-7-8-10-20(17)24-23-19(16)12-25(3)21(23)11-18(22(27)6-2)15(13-26)14-28-4/h6-11,13,22,27H,2,5,12,14H2,1,3-4H3/b18-15-,21-11-. The zero-order valence-corrected chi connectivity index (χ0v) is 16.6. The van der Waals surface area contributed by atoms with Crippen LogP contribution in [0.5, 0.6) is 0 Å². The molecule has 2 aromatic rings.